The second-order valence-electron chi connectivity index (χ2n) is 5.98. The van der Waals surface area contributed by atoms with E-state index in [0.29, 0.717) is 5.58 Å². The third kappa shape index (κ3) is 4.72. The average Bonchev–Trinajstić information content (AvgIpc) is 2.61. The molecule has 3 nitrogen and oxygen atoms in total. The van der Waals surface area contributed by atoms with Crippen molar-refractivity contribution in [3.05, 3.63) is 77.2 Å². The van der Waals surface area contributed by atoms with Crippen LogP contribution in [0.15, 0.2) is 70.4 Å². The van der Waals surface area contributed by atoms with Crippen molar-refractivity contribution in [2.45, 2.75) is 33.1 Å². The monoisotopic (exact) mass is 337 g/mol. The molecule has 2 rings (SSSR count). The summed E-state index contributed by atoms with van der Waals surface area (Å²) in [4.78, 5) is 14.2. The van der Waals surface area contributed by atoms with Crippen molar-refractivity contribution in [2.75, 3.05) is 18.0 Å². The Balaban J connectivity index is 2.28. The number of allylic oxidation sites excluding steroid dienone is 4. The van der Waals surface area contributed by atoms with Crippen molar-refractivity contribution < 1.29 is 4.42 Å². The van der Waals surface area contributed by atoms with Gasteiger partial charge in [0, 0.05) is 36.3 Å². The fraction of sp³-hybridized carbons (Fsp3) is 0.318. The van der Waals surface area contributed by atoms with Crippen LogP contribution in [0.3, 0.4) is 0 Å². The van der Waals surface area contributed by atoms with E-state index in [4.69, 9.17) is 4.42 Å². The molecule has 0 aliphatic heterocycles. The first-order valence-electron chi connectivity index (χ1n) is 8.88. The highest BCUT2D eigenvalue weighted by Crippen LogP contribution is 2.25. The van der Waals surface area contributed by atoms with Gasteiger partial charge in [-0.25, -0.2) is 4.79 Å². The van der Waals surface area contributed by atoms with Gasteiger partial charge in [0.2, 0.25) is 0 Å². The molecule has 0 fully saturated rings. The molecule has 132 valence electrons. The zero-order chi connectivity index (χ0) is 18.2. The summed E-state index contributed by atoms with van der Waals surface area (Å²) in [5.74, 6) is 0. The molecule has 0 unspecified atom stereocenters. The molecule has 0 N–H and O–H groups in total. The fourth-order valence-corrected chi connectivity index (χ4v) is 3.10. The van der Waals surface area contributed by atoms with Crippen LogP contribution in [0.4, 0.5) is 5.69 Å². The summed E-state index contributed by atoms with van der Waals surface area (Å²) in [5, 5.41) is 1.02. The van der Waals surface area contributed by atoms with Gasteiger partial charge in [-0.1, -0.05) is 31.4 Å². The molecule has 0 spiro atoms. The lowest BCUT2D eigenvalue weighted by atomic mass is 10.0. The quantitative estimate of drug-likeness (QED) is 0.462. The van der Waals surface area contributed by atoms with Crippen molar-refractivity contribution in [3.8, 4) is 0 Å². The summed E-state index contributed by atoms with van der Waals surface area (Å²) in [6, 6.07) is 7.76. The molecule has 0 saturated carbocycles. The first-order valence-corrected chi connectivity index (χ1v) is 8.88. The van der Waals surface area contributed by atoms with E-state index in [1.165, 1.54) is 0 Å². The lowest BCUT2D eigenvalue weighted by Crippen LogP contribution is -2.21. The number of hydrogen-bond donors (Lipinski definition) is 0. The lowest BCUT2D eigenvalue weighted by Gasteiger charge is -2.21. The van der Waals surface area contributed by atoms with Crippen LogP contribution >= 0.6 is 0 Å². The van der Waals surface area contributed by atoms with Gasteiger partial charge in [-0.15, -0.1) is 0 Å². The number of benzene rings is 1. The Kier molecular flexibility index (Phi) is 6.81. The molecule has 1 aromatic heterocycles. The molecule has 0 aliphatic rings. The van der Waals surface area contributed by atoms with Crippen LogP contribution in [0.5, 0.6) is 0 Å². The van der Waals surface area contributed by atoms with E-state index in [1.807, 2.05) is 18.2 Å². The predicted octanol–water partition coefficient (Wildman–Crippen LogP) is 5.26. The van der Waals surface area contributed by atoms with E-state index < -0.39 is 0 Å². The second-order valence-corrected chi connectivity index (χ2v) is 5.98. The Labute approximate surface area is 150 Å². The van der Waals surface area contributed by atoms with E-state index in [-0.39, 0.29) is 5.63 Å². The SMILES string of the molecule is C=C/C=C(\C=C)CCCc1cc(=O)oc2cc(N(CC)CC)ccc12. The highest BCUT2D eigenvalue weighted by molar-refractivity contribution is 5.83. The Bertz CT molecular complexity index is 826. The topological polar surface area (TPSA) is 33.5 Å². The molecule has 3 heteroatoms. The highest BCUT2D eigenvalue weighted by atomic mass is 16.4. The first kappa shape index (κ1) is 18.8. The highest BCUT2D eigenvalue weighted by Gasteiger charge is 2.09. The zero-order valence-corrected chi connectivity index (χ0v) is 15.3. The molecule has 0 radical (unpaired) electrons. The molecule has 2 aromatic rings. The number of anilines is 1. The molecule has 1 aromatic carbocycles. The van der Waals surface area contributed by atoms with E-state index >= 15 is 0 Å². The molecule has 1 heterocycles. The normalized spacial score (nSPS) is 11.5. The maximum Gasteiger partial charge on any atom is 0.336 e. The second kappa shape index (κ2) is 9.07. The van der Waals surface area contributed by atoms with E-state index in [2.05, 4.69) is 44.0 Å². The Hall–Kier alpha value is -2.55. The Morgan fingerprint density at radius 1 is 1.20 bits per heavy atom. The molecule has 25 heavy (non-hydrogen) atoms. The van der Waals surface area contributed by atoms with Crippen LogP contribution in [0, 0.1) is 0 Å². The number of hydrogen-bond acceptors (Lipinski definition) is 3. The summed E-state index contributed by atoms with van der Waals surface area (Å²) in [6.45, 7) is 13.6. The molecule has 0 saturated heterocycles. The summed E-state index contributed by atoms with van der Waals surface area (Å²) in [6.07, 6.45) is 8.29. The maximum absolute atomic E-state index is 12.0. The van der Waals surface area contributed by atoms with Gasteiger partial charge in [-0.3, -0.25) is 0 Å². The molecule has 0 atom stereocenters. The van der Waals surface area contributed by atoms with Crippen LogP contribution in [0.2, 0.25) is 0 Å². The van der Waals surface area contributed by atoms with Crippen LogP contribution in [-0.2, 0) is 6.42 Å². The number of rotatable bonds is 9. The first-order chi connectivity index (χ1) is 12.1. The van der Waals surface area contributed by atoms with E-state index in [1.54, 1.807) is 12.1 Å². The van der Waals surface area contributed by atoms with Crippen LogP contribution < -0.4 is 10.5 Å². The summed E-state index contributed by atoms with van der Waals surface area (Å²) < 4.78 is 5.45. The van der Waals surface area contributed by atoms with Gasteiger partial charge in [-0.05, 0) is 56.4 Å². The average molecular weight is 337 g/mol. The van der Waals surface area contributed by atoms with Crippen molar-refractivity contribution in [1.29, 1.82) is 0 Å². The lowest BCUT2D eigenvalue weighted by molar-refractivity contribution is 0.558. The standard InChI is InChI=1S/C22H27NO2/c1-5-10-17(6-2)11-9-12-18-15-22(24)25-21-16-19(13-14-20(18)21)23(7-3)8-4/h5-6,10,13-16H,1-2,7-9,11-12H2,3-4H3/b17-10+. The smallest absolute Gasteiger partial charge is 0.336 e. The number of aryl methyl sites for hydroxylation is 1. The Morgan fingerprint density at radius 3 is 2.60 bits per heavy atom. The van der Waals surface area contributed by atoms with Gasteiger partial charge in [0.05, 0.1) is 0 Å². The zero-order valence-electron chi connectivity index (χ0n) is 15.3. The number of nitrogens with zero attached hydrogens (tertiary/aromatic N) is 1. The summed E-state index contributed by atoms with van der Waals surface area (Å²) in [5.41, 5.74) is 3.66. The van der Waals surface area contributed by atoms with Crippen LogP contribution in [0.25, 0.3) is 11.0 Å². The van der Waals surface area contributed by atoms with E-state index in [0.717, 1.165) is 54.6 Å². The van der Waals surface area contributed by atoms with Crippen molar-refractivity contribution >= 4 is 16.7 Å². The summed E-state index contributed by atoms with van der Waals surface area (Å²) in [7, 11) is 0. The predicted molar refractivity (Wildman–Crippen MR) is 107 cm³/mol. The van der Waals surface area contributed by atoms with Crippen LogP contribution in [-0.4, -0.2) is 13.1 Å². The van der Waals surface area contributed by atoms with Gasteiger partial charge in [-0.2, -0.15) is 0 Å². The van der Waals surface area contributed by atoms with Gasteiger partial charge in [0.1, 0.15) is 5.58 Å². The largest absolute Gasteiger partial charge is 0.423 e. The van der Waals surface area contributed by atoms with Gasteiger partial charge in [0.25, 0.3) is 0 Å². The molecular formula is C22H27NO2. The minimum Gasteiger partial charge on any atom is -0.423 e. The van der Waals surface area contributed by atoms with Gasteiger partial charge < -0.3 is 9.32 Å². The van der Waals surface area contributed by atoms with Gasteiger partial charge >= 0.3 is 5.63 Å². The molecular weight excluding hydrogens is 310 g/mol. The Morgan fingerprint density at radius 2 is 1.96 bits per heavy atom. The maximum atomic E-state index is 12.0. The van der Waals surface area contributed by atoms with Gasteiger partial charge in [0.15, 0.2) is 0 Å². The number of fused-ring (bicyclic) bond motifs is 1. The van der Waals surface area contributed by atoms with E-state index in [9.17, 15) is 4.79 Å². The van der Waals surface area contributed by atoms with Crippen LogP contribution in [0.1, 0.15) is 32.3 Å². The van der Waals surface area contributed by atoms with Crippen molar-refractivity contribution in [2.24, 2.45) is 0 Å². The van der Waals surface area contributed by atoms with Crippen molar-refractivity contribution in [3.63, 3.8) is 0 Å². The minimum atomic E-state index is -0.287. The fourth-order valence-electron chi connectivity index (χ4n) is 3.10. The molecule has 0 aliphatic carbocycles. The van der Waals surface area contributed by atoms with Crippen molar-refractivity contribution in [1.82, 2.24) is 0 Å². The third-order valence-corrected chi connectivity index (χ3v) is 4.45. The third-order valence-electron chi connectivity index (χ3n) is 4.45. The molecule has 0 bridgehead atoms. The summed E-state index contributed by atoms with van der Waals surface area (Å²) >= 11 is 0. The minimum absolute atomic E-state index is 0.287. The molecule has 0 amide bonds.